The van der Waals surface area contributed by atoms with Crippen LogP contribution in [0.15, 0.2) is 58.6 Å². The minimum atomic E-state index is -1.14. The fraction of sp³-hybridized carbons (Fsp3) is 0.231. The van der Waals surface area contributed by atoms with Crippen molar-refractivity contribution in [2.75, 3.05) is 18.0 Å². The van der Waals surface area contributed by atoms with Gasteiger partial charge in [0.15, 0.2) is 0 Å². The average Bonchev–Trinajstić information content (AvgIpc) is 3.31. The van der Waals surface area contributed by atoms with Gasteiger partial charge in [-0.25, -0.2) is 0 Å². The Morgan fingerprint density at radius 2 is 1.86 bits per heavy atom. The molecule has 0 bridgehead atoms. The van der Waals surface area contributed by atoms with Crippen molar-refractivity contribution in [3.63, 3.8) is 0 Å². The highest BCUT2D eigenvalue weighted by molar-refractivity contribution is 8.30. The van der Waals surface area contributed by atoms with Crippen molar-refractivity contribution in [2.45, 2.75) is 27.3 Å². The van der Waals surface area contributed by atoms with Gasteiger partial charge in [-0.1, -0.05) is 54.3 Å². The number of allylic oxidation sites excluding steroid dienone is 4. The van der Waals surface area contributed by atoms with Gasteiger partial charge in [-0.3, -0.25) is 23.9 Å². The number of carbonyl (C=O) groups excluding carboxylic acids is 1. The number of nitrogens with zero attached hydrogens (tertiary/aromatic N) is 3. The molecule has 0 atom stereocenters. The lowest BCUT2D eigenvalue weighted by Crippen LogP contribution is -2.35. The lowest BCUT2D eigenvalue weighted by atomic mass is 10.1. The Labute approximate surface area is 222 Å². The van der Waals surface area contributed by atoms with Crippen molar-refractivity contribution in [1.29, 1.82) is 0 Å². The van der Waals surface area contributed by atoms with E-state index >= 15 is 0 Å². The van der Waals surface area contributed by atoms with Crippen molar-refractivity contribution in [2.24, 2.45) is 0 Å². The number of amides is 1. The number of aromatic nitrogens is 1. The standard InChI is InChI=1S/C26H25N3O4S3/c1-4-27-18(13-11-17-8-6-7-9-19(17)27)12-10-16(3)14-20-23(32)28(5-2)25(35-20)22-24(33)29(15-21(30)31)26(34)36-22/h6-14H,4-5,15H2,1-3H3,(H,30,31). The van der Waals surface area contributed by atoms with E-state index < -0.39 is 18.4 Å². The topological polar surface area (TPSA) is 82.8 Å². The van der Waals surface area contributed by atoms with Gasteiger partial charge in [0.1, 0.15) is 20.4 Å². The molecule has 10 heteroatoms. The largest absolute Gasteiger partial charge is 0.480 e. The van der Waals surface area contributed by atoms with Gasteiger partial charge in [0, 0.05) is 24.5 Å². The summed E-state index contributed by atoms with van der Waals surface area (Å²) in [5.41, 5.74) is 4.08. The SMILES string of the molecule is CCN1C(=CC=C(C)C=c2sc(=C3SC(=S)N(CC(=O)O)C3=O)n(CC)c2=O)C=Cc2ccccc21. The summed E-state index contributed by atoms with van der Waals surface area (Å²) >= 11 is 7.46. The number of thioether (sulfide) groups is 1. The number of thiazole rings is 1. The van der Waals surface area contributed by atoms with Gasteiger partial charge >= 0.3 is 5.97 Å². The molecule has 0 spiro atoms. The number of para-hydroxylation sites is 1. The lowest BCUT2D eigenvalue weighted by Gasteiger charge is -2.29. The molecule has 1 saturated heterocycles. The minimum absolute atomic E-state index is 0.178. The van der Waals surface area contributed by atoms with Crippen LogP contribution in [0.5, 0.6) is 0 Å². The van der Waals surface area contributed by atoms with Gasteiger partial charge in [0.25, 0.3) is 11.5 Å². The first-order valence-electron chi connectivity index (χ1n) is 11.4. The Hall–Kier alpha value is -3.21. The number of carboxylic acid groups (broad SMARTS) is 1. The van der Waals surface area contributed by atoms with Gasteiger partial charge in [0.05, 0.1) is 4.53 Å². The van der Waals surface area contributed by atoms with Gasteiger partial charge in [-0.15, -0.1) is 11.3 Å². The van der Waals surface area contributed by atoms with E-state index in [0.29, 0.717) is 15.7 Å². The molecule has 1 N–H and O–H groups in total. The third kappa shape index (κ3) is 5.02. The molecule has 0 radical (unpaired) electrons. The average molecular weight is 540 g/mol. The molecule has 0 unspecified atom stereocenters. The molecule has 2 aliphatic rings. The third-order valence-electron chi connectivity index (χ3n) is 5.73. The van der Waals surface area contributed by atoms with E-state index in [-0.39, 0.29) is 14.8 Å². The molecule has 4 rings (SSSR count). The predicted octanol–water partition coefficient (Wildman–Crippen LogP) is 3.15. The Morgan fingerprint density at radius 1 is 1.11 bits per heavy atom. The number of aliphatic carboxylic acids is 1. The molecule has 3 heterocycles. The maximum Gasteiger partial charge on any atom is 0.323 e. The maximum absolute atomic E-state index is 13.1. The van der Waals surface area contributed by atoms with E-state index in [9.17, 15) is 14.4 Å². The number of carbonyl (C=O) groups is 2. The Kier molecular flexibility index (Phi) is 7.77. The van der Waals surface area contributed by atoms with Crippen LogP contribution in [0, 0.1) is 0 Å². The van der Waals surface area contributed by atoms with Gasteiger partial charge in [0.2, 0.25) is 0 Å². The van der Waals surface area contributed by atoms with Crippen LogP contribution < -0.4 is 19.7 Å². The first-order chi connectivity index (χ1) is 17.2. The number of rotatable bonds is 6. The summed E-state index contributed by atoms with van der Waals surface area (Å²) in [4.78, 5) is 40.7. The van der Waals surface area contributed by atoms with E-state index in [1.54, 1.807) is 0 Å². The van der Waals surface area contributed by atoms with Crippen molar-refractivity contribution in [3.8, 4) is 0 Å². The number of hydrogen-bond donors (Lipinski definition) is 1. The Bertz CT molecular complexity index is 1530. The summed E-state index contributed by atoms with van der Waals surface area (Å²) in [6.07, 6.45) is 9.99. The molecule has 0 aliphatic carbocycles. The van der Waals surface area contributed by atoms with Crippen LogP contribution in [-0.2, 0) is 16.1 Å². The molecule has 1 amide bonds. The first kappa shape index (κ1) is 25.9. The van der Waals surface area contributed by atoms with Crippen LogP contribution in [0.2, 0.25) is 0 Å². The van der Waals surface area contributed by atoms with E-state index in [2.05, 4.69) is 36.1 Å². The summed E-state index contributed by atoms with van der Waals surface area (Å²) in [5, 5.41) is 9.09. The zero-order chi connectivity index (χ0) is 26.0. The first-order valence-corrected chi connectivity index (χ1v) is 13.4. The smallest absolute Gasteiger partial charge is 0.323 e. The monoisotopic (exact) mass is 539 g/mol. The van der Waals surface area contributed by atoms with Crippen LogP contribution in [0.1, 0.15) is 26.3 Å². The zero-order valence-electron chi connectivity index (χ0n) is 20.1. The van der Waals surface area contributed by atoms with Gasteiger partial charge < -0.3 is 10.0 Å². The summed E-state index contributed by atoms with van der Waals surface area (Å²) < 4.78 is 2.71. The van der Waals surface area contributed by atoms with Crippen molar-refractivity contribution in [3.05, 3.63) is 78.9 Å². The number of benzene rings is 1. The summed E-state index contributed by atoms with van der Waals surface area (Å²) in [6.45, 7) is 6.57. The van der Waals surface area contributed by atoms with E-state index in [0.717, 1.165) is 40.2 Å². The second kappa shape index (κ2) is 10.8. The van der Waals surface area contributed by atoms with Crippen molar-refractivity contribution >= 4 is 74.3 Å². The predicted molar refractivity (Wildman–Crippen MR) is 151 cm³/mol. The van der Waals surface area contributed by atoms with Gasteiger partial charge in [-0.05, 0) is 56.2 Å². The molecule has 1 aromatic carbocycles. The number of fused-ring (bicyclic) bond motifs is 1. The fourth-order valence-corrected chi connectivity index (χ4v) is 6.65. The number of thiocarbonyl (C=S) groups is 1. The Balaban J connectivity index is 1.72. The summed E-state index contributed by atoms with van der Waals surface area (Å²) in [6, 6.07) is 8.24. The molecule has 2 aromatic rings. The summed E-state index contributed by atoms with van der Waals surface area (Å²) in [7, 11) is 0. The second-order valence-electron chi connectivity index (χ2n) is 8.09. The maximum atomic E-state index is 13.1. The fourth-order valence-electron chi connectivity index (χ4n) is 4.02. The van der Waals surface area contributed by atoms with Crippen LogP contribution in [-0.4, -0.2) is 43.9 Å². The molecule has 186 valence electrons. The molecule has 1 fully saturated rings. The van der Waals surface area contributed by atoms with Gasteiger partial charge in [-0.2, -0.15) is 0 Å². The minimum Gasteiger partial charge on any atom is -0.480 e. The normalized spacial score (nSPS) is 19.0. The number of carboxylic acids is 1. The van der Waals surface area contributed by atoms with E-state index in [1.165, 1.54) is 21.5 Å². The van der Waals surface area contributed by atoms with Crippen LogP contribution >= 0.6 is 35.3 Å². The van der Waals surface area contributed by atoms with Crippen LogP contribution in [0.3, 0.4) is 0 Å². The second-order valence-corrected chi connectivity index (χ2v) is 10.8. The van der Waals surface area contributed by atoms with Crippen molar-refractivity contribution < 1.29 is 14.7 Å². The third-order valence-corrected chi connectivity index (χ3v) is 8.42. The number of hydrogen-bond acceptors (Lipinski definition) is 7. The Morgan fingerprint density at radius 3 is 2.56 bits per heavy atom. The lowest BCUT2D eigenvalue weighted by molar-refractivity contribution is -0.140. The molecule has 7 nitrogen and oxygen atoms in total. The highest BCUT2D eigenvalue weighted by Gasteiger charge is 2.35. The number of likely N-dealkylation sites (N-methyl/N-ethyl adjacent to an activating group) is 1. The molecule has 1 aromatic heterocycles. The zero-order valence-corrected chi connectivity index (χ0v) is 22.5. The number of anilines is 1. The molecular weight excluding hydrogens is 515 g/mol. The van der Waals surface area contributed by atoms with E-state index in [1.807, 2.05) is 44.2 Å². The molecular formula is C26H25N3O4S3. The molecule has 2 aliphatic heterocycles. The highest BCUT2D eigenvalue weighted by atomic mass is 32.2. The van der Waals surface area contributed by atoms with E-state index in [4.69, 9.17) is 17.3 Å². The van der Waals surface area contributed by atoms with Crippen molar-refractivity contribution in [1.82, 2.24) is 9.47 Å². The molecule has 0 saturated carbocycles. The highest BCUT2D eigenvalue weighted by Crippen LogP contribution is 2.31. The summed E-state index contributed by atoms with van der Waals surface area (Å²) in [5.74, 6) is -1.63. The quantitative estimate of drug-likeness (QED) is 0.565. The van der Waals surface area contributed by atoms with Crippen LogP contribution in [0.4, 0.5) is 5.69 Å². The van der Waals surface area contributed by atoms with Crippen LogP contribution in [0.25, 0.3) is 17.1 Å². The molecule has 36 heavy (non-hydrogen) atoms.